The topological polar surface area (TPSA) is 106 Å². The quantitative estimate of drug-likeness (QED) is 0.503. The van der Waals surface area contributed by atoms with Gasteiger partial charge in [-0.05, 0) is 17.7 Å². The van der Waals surface area contributed by atoms with Gasteiger partial charge in [0, 0.05) is 32.3 Å². The summed E-state index contributed by atoms with van der Waals surface area (Å²) in [4.78, 5) is 16.9. The molecule has 0 saturated carbocycles. The molecule has 1 aromatic rings. The van der Waals surface area contributed by atoms with Crippen LogP contribution in [0.1, 0.15) is 12.0 Å². The van der Waals surface area contributed by atoms with Crippen LogP contribution in [0.25, 0.3) is 6.08 Å². The molecule has 132 valence electrons. The third kappa shape index (κ3) is 4.15. The molecule has 4 atom stereocenters. The molecule has 0 spiro atoms. The van der Waals surface area contributed by atoms with Crippen LogP contribution in [0, 0.1) is 5.95 Å². The van der Waals surface area contributed by atoms with Crippen molar-refractivity contribution in [3.8, 4) is 0 Å². The van der Waals surface area contributed by atoms with Crippen molar-refractivity contribution in [2.45, 2.75) is 30.7 Å². The van der Waals surface area contributed by atoms with E-state index in [2.05, 4.69) is 10.3 Å². The van der Waals surface area contributed by atoms with Crippen LogP contribution in [0.3, 0.4) is 0 Å². The lowest BCUT2D eigenvalue weighted by atomic mass is 10.1. The fourth-order valence-corrected chi connectivity index (χ4v) is 2.90. The highest BCUT2D eigenvalue weighted by Gasteiger charge is 2.47. The monoisotopic (exact) mass is 339 g/mol. The smallest absolute Gasteiger partial charge is 0.221 e. The van der Waals surface area contributed by atoms with E-state index in [1.54, 1.807) is 23.1 Å². The van der Waals surface area contributed by atoms with E-state index in [0.29, 0.717) is 12.1 Å². The first-order valence-electron chi connectivity index (χ1n) is 7.69. The number of rotatable bonds is 6. The molecule has 8 heteroatoms. The Morgan fingerprint density at radius 2 is 2.08 bits per heavy atom. The standard InChI is InChI=1S/C16H22FN3O4/c1-18-14(22)7-11-15(23)16(24)12(9-21)20(11)6-2-3-10-4-5-13(17)19-8-10/h2-5,8,11-12,15-16,21,23-24H,6-7,9H2,1H3,(H,18,22)/b3-2+. The van der Waals surface area contributed by atoms with Crippen LogP contribution in [0.5, 0.6) is 0 Å². The molecule has 2 rings (SSSR count). The number of carbonyl (C=O) groups is 1. The lowest BCUT2D eigenvalue weighted by Crippen LogP contribution is -2.43. The van der Waals surface area contributed by atoms with Crippen LogP contribution in [-0.4, -0.2) is 75.6 Å². The summed E-state index contributed by atoms with van der Waals surface area (Å²) in [6, 6.07) is 1.55. The van der Waals surface area contributed by atoms with Crippen LogP contribution in [-0.2, 0) is 4.79 Å². The number of nitrogens with one attached hydrogen (secondary N) is 1. The van der Waals surface area contributed by atoms with Gasteiger partial charge < -0.3 is 20.6 Å². The molecular formula is C16H22FN3O4. The normalized spacial score (nSPS) is 27.7. The third-order valence-corrected chi connectivity index (χ3v) is 4.23. The van der Waals surface area contributed by atoms with Gasteiger partial charge in [-0.15, -0.1) is 0 Å². The molecular weight excluding hydrogens is 317 g/mol. The van der Waals surface area contributed by atoms with Crippen molar-refractivity contribution in [3.63, 3.8) is 0 Å². The van der Waals surface area contributed by atoms with Crippen LogP contribution in [0.4, 0.5) is 4.39 Å². The molecule has 1 amide bonds. The number of aliphatic hydroxyl groups is 3. The van der Waals surface area contributed by atoms with Crippen molar-refractivity contribution in [2.75, 3.05) is 20.2 Å². The van der Waals surface area contributed by atoms with E-state index >= 15 is 0 Å². The van der Waals surface area contributed by atoms with Gasteiger partial charge in [0.05, 0.1) is 24.9 Å². The van der Waals surface area contributed by atoms with Crippen molar-refractivity contribution in [1.29, 1.82) is 0 Å². The molecule has 1 aromatic heterocycles. The molecule has 2 heterocycles. The molecule has 0 aromatic carbocycles. The molecule has 1 aliphatic heterocycles. The van der Waals surface area contributed by atoms with E-state index < -0.39 is 30.2 Å². The molecule has 0 radical (unpaired) electrons. The first-order chi connectivity index (χ1) is 11.5. The summed E-state index contributed by atoms with van der Waals surface area (Å²) in [5.74, 6) is -0.828. The van der Waals surface area contributed by atoms with Crippen molar-refractivity contribution in [1.82, 2.24) is 15.2 Å². The van der Waals surface area contributed by atoms with Gasteiger partial charge in [-0.1, -0.05) is 12.2 Å². The number of hydrogen-bond acceptors (Lipinski definition) is 6. The predicted molar refractivity (Wildman–Crippen MR) is 85.3 cm³/mol. The summed E-state index contributed by atoms with van der Waals surface area (Å²) in [6.07, 6.45) is 2.60. The van der Waals surface area contributed by atoms with E-state index in [9.17, 15) is 24.5 Å². The minimum absolute atomic E-state index is 0.0111. The number of likely N-dealkylation sites (tertiary alicyclic amines) is 1. The maximum atomic E-state index is 12.8. The van der Waals surface area contributed by atoms with Crippen LogP contribution in [0.2, 0.25) is 0 Å². The fraction of sp³-hybridized carbons (Fsp3) is 0.500. The molecule has 7 nitrogen and oxygen atoms in total. The van der Waals surface area contributed by atoms with Gasteiger partial charge in [0.1, 0.15) is 0 Å². The zero-order valence-electron chi connectivity index (χ0n) is 13.3. The highest BCUT2D eigenvalue weighted by Crippen LogP contribution is 2.27. The predicted octanol–water partition coefficient (Wildman–Crippen LogP) is -0.863. The molecule has 1 saturated heterocycles. The lowest BCUT2D eigenvalue weighted by molar-refractivity contribution is -0.122. The Morgan fingerprint density at radius 3 is 2.67 bits per heavy atom. The average molecular weight is 339 g/mol. The van der Waals surface area contributed by atoms with Crippen molar-refractivity contribution >= 4 is 12.0 Å². The number of nitrogens with zero attached hydrogens (tertiary/aromatic N) is 2. The lowest BCUT2D eigenvalue weighted by Gasteiger charge is -2.28. The van der Waals surface area contributed by atoms with E-state index in [1.807, 2.05) is 0 Å². The second-order valence-electron chi connectivity index (χ2n) is 5.69. The summed E-state index contributed by atoms with van der Waals surface area (Å²) in [7, 11) is 1.50. The number of carbonyl (C=O) groups excluding carboxylic acids is 1. The molecule has 4 N–H and O–H groups in total. The Labute approximate surface area is 139 Å². The zero-order valence-corrected chi connectivity index (χ0v) is 13.3. The van der Waals surface area contributed by atoms with E-state index in [1.165, 1.54) is 19.3 Å². The summed E-state index contributed by atoms with van der Waals surface area (Å²) in [5, 5.41) is 32.2. The molecule has 24 heavy (non-hydrogen) atoms. The number of hydrogen-bond donors (Lipinski definition) is 4. The Balaban J connectivity index is 2.10. The Bertz CT molecular complexity index is 581. The van der Waals surface area contributed by atoms with E-state index in [-0.39, 0.29) is 18.9 Å². The SMILES string of the molecule is CNC(=O)CC1C(O)C(O)C(CO)N1C/C=C/c1ccc(F)nc1. The number of aliphatic hydroxyl groups excluding tert-OH is 3. The molecule has 0 bridgehead atoms. The maximum absolute atomic E-state index is 12.8. The first-order valence-corrected chi connectivity index (χ1v) is 7.69. The zero-order chi connectivity index (χ0) is 17.7. The number of halogens is 1. The van der Waals surface area contributed by atoms with Gasteiger partial charge in [-0.2, -0.15) is 4.39 Å². The third-order valence-electron chi connectivity index (χ3n) is 4.23. The largest absolute Gasteiger partial charge is 0.395 e. The fourth-order valence-electron chi connectivity index (χ4n) is 2.90. The Morgan fingerprint density at radius 1 is 1.38 bits per heavy atom. The van der Waals surface area contributed by atoms with Gasteiger partial charge in [-0.25, -0.2) is 4.98 Å². The van der Waals surface area contributed by atoms with Gasteiger partial charge in [0.25, 0.3) is 0 Å². The number of aromatic nitrogens is 1. The number of amides is 1. The summed E-state index contributed by atoms with van der Waals surface area (Å²) < 4.78 is 12.8. The van der Waals surface area contributed by atoms with Gasteiger partial charge in [0.15, 0.2) is 0 Å². The average Bonchev–Trinajstić information content (AvgIpc) is 2.80. The second kappa shape index (κ2) is 8.29. The molecule has 0 aliphatic carbocycles. The molecule has 1 aliphatic rings. The Kier molecular flexibility index (Phi) is 6.38. The van der Waals surface area contributed by atoms with Crippen molar-refractivity contribution in [3.05, 3.63) is 35.9 Å². The highest BCUT2D eigenvalue weighted by atomic mass is 19.1. The van der Waals surface area contributed by atoms with Crippen molar-refractivity contribution < 1.29 is 24.5 Å². The minimum atomic E-state index is -1.13. The van der Waals surface area contributed by atoms with Crippen LogP contribution >= 0.6 is 0 Å². The highest BCUT2D eigenvalue weighted by molar-refractivity contribution is 5.76. The summed E-state index contributed by atoms with van der Waals surface area (Å²) in [5.41, 5.74) is 0.695. The summed E-state index contributed by atoms with van der Waals surface area (Å²) in [6.45, 7) is -0.0349. The molecule has 4 unspecified atom stereocenters. The van der Waals surface area contributed by atoms with E-state index in [0.717, 1.165) is 0 Å². The molecule has 1 fully saturated rings. The maximum Gasteiger partial charge on any atom is 0.221 e. The van der Waals surface area contributed by atoms with Crippen LogP contribution in [0.15, 0.2) is 24.4 Å². The second-order valence-corrected chi connectivity index (χ2v) is 5.69. The van der Waals surface area contributed by atoms with Crippen molar-refractivity contribution in [2.24, 2.45) is 0 Å². The van der Waals surface area contributed by atoms with E-state index in [4.69, 9.17) is 0 Å². The summed E-state index contributed by atoms with van der Waals surface area (Å²) >= 11 is 0. The minimum Gasteiger partial charge on any atom is -0.395 e. The van der Waals surface area contributed by atoms with Gasteiger partial charge in [-0.3, -0.25) is 9.69 Å². The Hall–Kier alpha value is -1.87. The number of pyridine rings is 1. The van der Waals surface area contributed by atoms with Gasteiger partial charge in [0.2, 0.25) is 11.9 Å². The first kappa shape index (κ1) is 18.5. The van der Waals surface area contributed by atoms with Crippen LogP contribution < -0.4 is 5.32 Å². The van der Waals surface area contributed by atoms with Gasteiger partial charge >= 0.3 is 0 Å².